The average molecular weight is 344 g/mol. The molecular formula is C17H14BrNO2. The highest BCUT2D eigenvalue weighted by atomic mass is 79.9. The number of aryl methyl sites for hydroxylation is 1. The zero-order valence-corrected chi connectivity index (χ0v) is 13.1. The third-order valence-electron chi connectivity index (χ3n) is 3.31. The highest BCUT2D eigenvalue weighted by Crippen LogP contribution is 2.25. The molecule has 0 bridgehead atoms. The van der Waals surface area contributed by atoms with Crippen molar-refractivity contribution in [1.82, 2.24) is 4.98 Å². The lowest BCUT2D eigenvalue weighted by molar-refractivity contribution is 0.0472. The quantitative estimate of drug-likeness (QED) is 0.706. The van der Waals surface area contributed by atoms with Crippen LogP contribution in [0.4, 0.5) is 0 Å². The molecule has 3 nitrogen and oxygen atoms in total. The minimum absolute atomic E-state index is 0.279. The van der Waals surface area contributed by atoms with Gasteiger partial charge in [-0.25, -0.2) is 4.79 Å². The van der Waals surface area contributed by atoms with Crippen molar-refractivity contribution in [3.8, 4) is 0 Å². The van der Waals surface area contributed by atoms with Gasteiger partial charge >= 0.3 is 5.97 Å². The molecule has 0 radical (unpaired) electrons. The summed E-state index contributed by atoms with van der Waals surface area (Å²) in [6.45, 7) is 2.29. The topological polar surface area (TPSA) is 42.1 Å². The minimum Gasteiger partial charge on any atom is -0.457 e. The number of halogens is 1. The molecule has 1 aromatic heterocycles. The normalized spacial score (nSPS) is 10.8. The van der Waals surface area contributed by atoms with E-state index in [2.05, 4.69) is 20.9 Å². The predicted octanol–water partition coefficient (Wildman–Crippen LogP) is 4.60. The van der Waals surface area contributed by atoms with Crippen LogP contribution >= 0.6 is 15.9 Å². The Hall–Kier alpha value is -2.07. The van der Waals surface area contributed by atoms with E-state index in [1.54, 1.807) is 12.1 Å². The summed E-state index contributed by atoms with van der Waals surface area (Å²) < 4.78 is 6.25. The molecule has 0 saturated carbocycles. The van der Waals surface area contributed by atoms with Crippen molar-refractivity contribution in [2.45, 2.75) is 13.5 Å². The van der Waals surface area contributed by atoms with Crippen LogP contribution < -0.4 is 0 Å². The van der Waals surface area contributed by atoms with Gasteiger partial charge in [-0.05, 0) is 30.7 Å². The molecule has 3 aromatic rings. The van der Waals surface area contributed by atoms with Crippen LogP contribution in [0.3, 0.4) is 0 Å². The van der Waals surface area contributed by atoms with Crippen LogP contribution in [0.25, 0.3) is 10.9 Å². The third-order valence-corrected chi connectivity index (χ3v) is 3.96. The number of rotatable bonds is 3. The summed E-state index contributed by atoms with van der Waals surface area (Å²) in [5.41, 5.74) is 3.58. The van der Waals surface area contributed by atoms with Gasteiger partial charge in [0.05, 0.1) is 5.56 Å². The first-order valence-electron chi connectivity index (χ1n) is 6.63. The highest BCUT2D eigenvalue weighted by Gasteiger charge is 2.11. The fourth-order valence-electron chi connectivity index (χ4n) is 2.27. The average Bonchev–Trinajstić information content (AvgIpc) is 2.94. The lowest BCUT2D eigenvalue weighted by atomic mass is 10.1. The fourth-order valence-corrected chi connectivity index (χ4v) is 2.87. The Morgan fingerprint density at radius 1 is 1.24 bits per heavy atom. The number of esters is 1. The standard InChI is InChI=1S/C17H14BrNO2/c1-11-3-2-4-12(7-11)10-21-17(20)13-8-15(18)14-5-6-19-16(14)9-13/h2-9,19H,10H2,1H3. The second kappa shape index (κ2) is 5.74. The SMILES string of the molecule is Cc1cccc(COC(=O)c2cc(Br)c3cc[nH]c3c2)c1. The molecule has 0 amide bonds. The summed E-state index contributed by atoms with van der Waals surface area (Å²) >= 11 is 3.47. The number of ether oxygens (including phenoxy) is 1. The number of carbonyl (C=O) groups excluding carboxylic acids is 1. The summed E-state index contributed by atoms with van der Waals surface area (Å²) in [6, 6.07) is 13.5. The van der Waals surface area contributed by atoms with Gasteiger partial charge in [0.1, 0.15) is 6.61 Å². The molecule has 0 atom stereocenters. The fraction of sp³-hybridized carbons (Fsp3) is 0.118. The molecule has 0 unspecified atom stereocenters. The molecule has 106 valence electrons. The number of aromatic amines is 1. The summed E-state index contributed by atoms with van der Waals surface area (Å²) in [5, 5.41) is 1.05. The van der Waals surface area contributed by atoms with Crippen molar-refractivity contribution < 1.29 is 9.53 Å². The molecule has 4 heteroatoms. The largest absolute Gasteiger partial charge is 0.457 e. The van der Waals surface area contributed by atoms with Gasteiger partial charge in [-0.1, -0.05) is 45.8 Å². The van der Waals surface area contributed by atoms with Gasteiger partial charge in [-0.15, -0.1) is 0 Å². The number of nitrogens with one attached hydrogen (secondary N) is 1. The second-order valence-corrected chi connectivity index (χ2v) is 5.82. The Morgan fingerprint density at radius 3 is 2.90 bits per heavy atom. The number of fused-ring (bicyclic) bond motifs is 1. The van der Waals surface area contributed by atoms with E-state index >= 15 is 0 Å². The molecule has 0 saturated heterocycles. The van der Waals surface area contributed by atoms with E-state index in [1.807, 2.05) is 43.5 Å². The van der Waals surface area contributed by atoms with Crippen LogP contribution in [0.1, 0.15) is 21.5 Å². The van der Waals surface area contributed by atoms with Gasteiger partial charge in [-0.2, -0.15) is 0 Å². The first kappa shape index (κ1) is 13.9. The molecule has 0 aliphatic heterocycles. The molecule has 2 aromatic carbocycles. The molecule has 3 rings (SSSR count). The van der Waals surface area contributed by atoms with Crippen LogP contribution in [-0.4, -0.2) is 11.0 Å². The summed E-state index contributed by atoms with van der Waals surface area (Å²) in [4.78, 5) is 15.3. The first-order valence-corrected chi connectivity index (χ1v) is 7.42. The summed E-state index contributed by atoms with van der Waals surface area (Å²) in [7, 11) is 0. The van der Waals surface area contributed by atoms with Crippen LogP contribution in [0, 0.1) is 6.92 Å². The zero-order chi connectivity index (χ0) is 14.8. The van der Waals surface area contributed by atoms with E-state index in [1.165, 1.54) is 0 Å². The van der Waals surface area contributed by atoms with Crippen LogP contribution in [-0.2, 0) is 11.3 Å². The van der Waals surface area contributed by atoms with Crippen molar-refractivity contribution in [2.24, 2.45) is 0 Å². The minimum atomic E-state index is -0.325. The smallest absolute Gasteiger partial charge is 0.338 e. The van der Waals surface area contributed by atoms with Crippen molar-refractivity contribution in [3.63, 3.8) is 0 Å². The van der Waals surface area contributed by atoms with Crippen LogP contribution in [0.5, 0.6) is 0 Å². The van der Waals surface area contributed by atoms with E-state index in [0.717, 1.165) is 26.5 Å². The van der Waals surface area contributed by atoms with E-state index in [-0.39, 0.29) is 12.6 Å². The molecule has 0 spiro atoms. The molecule has 0 aliphatic rings. The maximum atomic E-state index is 12.2. The number of carbonyl (C=O) groups is 1. The Balaban J connectivity index is 1.77. The molecule has 21 heavy (non-hydrogen) atoms. The van der Waals surface area contributed by atoms with E-state index < -0.39 is 0 Å². The highest BCUT2D eigenvalue weighted by molar-refractivity contribution is 9.10. The molecule has 1 N–H and O–H groups in total. The van der Waals surface area contributed by atoms with E-state index in [0.29, 0.717) is 5.56 Å². The first-order chi connectivity index (χ1) is 10.1. The van der Waals surface area contributed by atoms with Gasteiger partial charge in [0, 0.05) is 21.6 Å². The molecule has 0 fully saturated rings. The van der Waals surface area contributed by atoms with Gasteiger partial charge in [0.2, 0.25) is 0 Å². The number of hydrogen-bond acceptors (Lipinski definition) is 2. The predicted molar refractivity (Wildman–Crippen MR) is 86.3 cm³/mol. The van der Waals surface area contributed by atoms with E-state index in [9.17, 15) is 4.79 Å². The number of benzene rings is 2. The van der Waals surface area contributed by atoms with Crippen LogP contribution in [0.2, 0.25) is 0 Å². The third kappa shape index (κ3) is 3.00. The monoisotopic (exact) mass is 343 g/mol. The van der Waals surface area contributed by atoms with Gasteiger partial charge < -0.3 is 9.72 Å². The molecule has 1 heterocycles. The van der Waals surface area contributed by atoms with Crippen molar-refractivity contribution in [3.05, 3.63) is 69.8 Å². The van der Waals surface area contributed by atoms with Crippen molar-refractivity contribution in [2.75, 3.05) is 0 Å². The number of aromatic nitrogens is 1. The maximum Gasteiger partial charge on any atom is 0.338 e. The Bertz CT molecular complexity index is 807. The second-order valence-electron chi connectivity index (χ2n) is 4.96. The van der Waals surface area contributed by atoms with Crippen molar-refractivity contribution in [1.29, 1.82) is 0 Å². The summed E-state index contributed by atoms with van der Waals surface area (Å²) in [6.07, 6.45) is 1.84. The lowest BCUT2D eigenvalue weighted by Gasteiger charge is -2.07. The number of hydrogen-bond donors (Lipinski definition) is 1. The van der Waals surface area contributed by atoms with Crippen LogP contribution in [0.15, 0.2) is 53.1 Å². The Morgan fingerprint density at radius 2 is 2.10 bits per heavy atom. The van der Waals surface area contributed by atoms with Gasteiger partial charge in [-0.3, -0.25) is 0 Å². The van der Waals surface area contributed by atoms with E-state index in [4.69, 9.17) is 4.74 Å². The Kier molecular flexibility index (Phi) is 3.80. The molecular weight excluding hydrogens is 330 g/mol. The summed E-state index contributed by atoms with van der Waals surface area (Å²) in [5.74, 6) is -0.325. The Labute approximate surface area is 131 Å². The van der Waals surface area contributed by atoms with Crippen molar-refractivity contribution >= 4 is 32.8 Å². The van der Waals surface area contributed by atoms with Gasteiger partial charge in [0.15, 0.2) is 0 Å². The molecule has 0 aliphatic carbocycles. The number of H-pyrrole nitrogens is 1. The maximum absolute atomic E-state index is 12.2. The lowest BCUT2D eigenvalue weighted by Crippen LogP contribution is -2.05. The van der Waals surface area contributed by atoms with Gasteiger partial charge in [0.25, 0.3) is 0 Å². The zero-order valence-electron chi connectivity index (χ0n) is 11.5.